The highest BCUT2D eigenvalue weighted by Gasteiger charge is 2.20. The quantitative estimate of drug-likeness (QED) is 0.416. The summed E-state index contributed by atoms with van der Waals surface area (Å²) >= 11 is 1.30. The van der Waals surface area contributed by atoms with Crippen molar-refractivity contribution in [1.29, 1.82) is 0 Å². The van der Waals surface area contributed by atoms with Gasteiger partial charge in [0.15, 0.2) is 0 Å². The van der Waals surface area contributed by atoms with Crippen molar-refractivity contribution in [3.63, 3.8) is 0 Å². The fourth-order valence-electron chi connectivity index (χ4n) is 4.17. The molecule has 0 spiro atoms. The first-order valence-electron chi connectivity index (χ1n) is 11.5. The van der Waals surface area contributed by atoms with Gasteiger partial charge in [0, 0.05) is 31.0 Å². The topological polar surface area (TPSA) is 93.6 Å². The molecule has 0 unspecified atom stereocenters. The van der Waals surface area contributed by atoms with Gasteiger partial charge in [0.25, 0.3) is 5.56 Å². The molecule has 0 radical (unpaired) electrons. The number of aromatic nitrogens is 4. The number of amides is 1. The Morgan fingerprint density at radius 3 is 2.56 bits per heavy atom. The average Bonchev–Trinajstić information content (AvgIpc) is 3.39. The van der Waals surface area contributed by atoms with Crippen LogP contribution in [0.25, 0.3) is 16.0 Å². The number of nitrogens with zero attached hydrogens (tertiary/aromatic N) is 5. The number of rotatable bonds is 8. The van der Waals surface area contributed by atoms with Gasteiger partial charge in [0.1, 0.15) is 11.2 Å². The molecule has 0 aliphatic rings. The number of thiophene rings is 1. The number of hydrogen-bond acceptors (Lipinski definition) is 6. The molecular weight excluding hydrogens is 452 g/mol. The molecule has 0 aliphatic carbocycles. The van der Waals surface area contributed by atoms with Crippen LogP contribution in [0.4, 0.5) is 11.4 Å². The Kier molecular flexibility index (Phi) is 6.60. The summed E-state index contributed by atoms with van der Waals surface area (Å²) in [6.45, 7) is 12.1. The lowest BCUT2D eigenvalue weighted by Gasteiger charge is -2.22. The molecule has 1 amide bonds. The predicted octanol–water partition coefficient (Wildman–Crippen LogP) is 3.32. The van der Waals surface area contributed by atoms with Crippen molar-refractivity contribution < 1.29 is 4.79 Å². The van der Waals surface area contributed by atoms with Gasteiger partial charge in [-0.25, -0.2) is 13.9 Å². The molecule has 1 aromatic carbocycles. The fourth-order valence-corrected chi connectivity index (χ4v) is 4.99. The number of nitrogens with one attached hydrogen (secondary N) is 1. The molecular formula is C24H30N6O3S. The molecule has 9 nitrogen and oxygen atoms in total. The minimum absolute atomic E-state index is 0.170. The largest absolute Gasteiger partial charge is 0.372 e. The second-order valence-electron chi connectivity index (χ2n) is 8.74. The van der Waals surface area contributed by atoms with Gasteiger partial charge in [-0.15, -0.1) is 16.4 Å². The van der Waals surface area contributed by atoms with Crippen LogP contribution in [0, 0.1) is 12.8 Å². The maximum atomic E-state index is 13.2. The van der Waals surface area contributed by atoms with Gasteiger partial charge in [0.2, 0.25) is 11.7 Å². The summed E-state index contributed by atoms with van der Waals surface area (Å²) < 4.78 is 4.57. The van der Waals surface area contributed by atoms with E-state index < -0.39 is 5.69 Å². The Morgan fingerprint density at radius 2 is 1.91 bits per heavy atom. The molecule has 0 saturated carbocycles. The number of carbonyl (C=O) groups excluding carboxylic acids is 1. The molecule has 3 aromatic heterocycles. The molecule has 0 fully saturated rings. The highest BCUT2D eigenvalue weighted by molar-refractivity contribution is 7.17. The first-order valence-corrected chi connectivity index (χ1v) is 12.4. The van der Waals surface area contributed by atoms with Crippen molar-refractivity contribution in [2.24, 2.45) is 5.92 Å². The number of benzene rings is 1. The molecule has 4 rings (SSSR count). The molecule has 180 valence electrons. The molecule has 1 N–H and O–H groups in total. The Labute approximate surface area is 201 Å². The lowest BCUT2D eigenvalue weighted by Crippen LogP contribution is -2.29. The molecule has 3 heterocycles. The van der Waals surface area contributed by atoms with Crippen molar-refractivity contribution >= 4 is 44.6 Å². The first kappa shape index (κ1) is 23.7. The summed E-state index contributed by atoms with van der Waals surface area (Å²) in [6, 6.07) is 7.63. The molecule has 10 heteroatoms. The first-order chi connectivity index (χ1) is 16.2. The van der Waals surface area contributed by atoms with Crippen LogP contribution in [0.3, 0.4) is 0 Å². The van der Waals surface area contributed by atoms with E-state index in [9.17, 15) is 14.4 Å². The van der Waals surface area contributed by atoms with Crippen LogP contribution in [-0.4, -0.2) is 37.7 Å². The lowest BCUT2D eigenvalue weighted by atomic mass is 10.1. The number of carbonyl (C=O) groups is 1. The summed E-state index contributed by atoms with van der Waals surface area (Å²) in [4.78, 5) is 41.3. The van der Waals surface area contributed by atoms with Crippen LogP contribution in [0.5, 0.6) is 0 Å². The molecule has 34 heavy (non-hydrogen) atoms. The molecule has 0 aliphatic heterocycles. The lowest BCUT2D eigenvalue weighted by molar-refractivity contribution is -0.117. The van der Waals surface area contributed by atoms with Gasteiger partial charge < -0.3 is 10.2 Å². The summed E-state index contributed by atoms with van der Waals surface area (Å²) in [7, 11) is 0. The van der Waals surface area contributed by atoms with E-state index >= 15 is 0 Å². The summed E-state index contributed by atoms with van der Waals surface area (Å²) in [5.74, 6) is 0.0791. The van der Waals surface area contributed by atoms with Crippen LogP contribution in [0.15, 0.2) is 39.2 Å². The standard InChI is InChI=1S/C24H30N6O3S/c1-6-27(7-2)17-8-9-18(16(5)12-17)25-20(31)14-29-24(33)30-19-10-11-34-21(19)22(32)28(13-15(3)4)23(30)26-29/h8-12,15H,6-7,13-14H2,1-5H3,(H,25,31). The van der Waals surface area contributed by atoms with Gasteiger partial charge in [-0.05, 0) is 61.9 Å². The maximum absolute atomic E-state index is 13.2. The van der Waals surface area contributed by atoms with Crippen molar-refractivity contribution in [1.82, 2.24) is 18.7 Å². The van der Waals surface area contributed by atoms with Crippen molar-refractivity contribution in [2.45, 2.75) is 47.7 Å². The average molecular weight is 483 g/mol. The summed E-state index contributed by atoms with van der Waals surface area (Å²) in [5, 5.41) is 9.06. The van der Waals surface area contributed by atoms with Crippen LogP contribution < -0.4 is 21.5 Å². The van der Waals surface area contributed by atoms with E-state index in [-0.39, 0.29) is 29.7 Å². The van der Waals surface area contributed by atoms with Crippen LogP contribution >= 0.6 is 11.3 Å². The second kappa shape index (κ2) is 9.46. The van der Waals surface area contributed by atoms with Gasteiger partial charge >= 0.3 is 5.69 Å². The highest BCUT2D eigenvalue weighted by Crippen LogP contribution is 2.23. The Hall–Kier alpha value is -3.40. The molecule has 0 saturated heterocycles. The van der Waals surface area contributed by atoms with Gasteiger partial charge in [-0.3, -0.25) is 14.2 Å². The van der Waals surface area contributed by atoms with E-state index in [2.05, 4.69) is 29.2 Å². The van der Waals surface area contributed by atoms with E-state index in [1.54, 1.807) is 11.4 Å². The predicted molar refractivity (Wildman–Crippen MR) is 137 cm³/mol. The van der Waals surface area contributed by atoms with E-state index in [0.29, 0.717) is 22.4 Å². The third kappa shape index (κ3) is 4.25. The monoisotopic (exact) mass is 482 g/mol. The number of hydrogen-bond donors (Lipinski definition) is 1. The van der Waals surface area contributed by atoms with Crippen LogP contribution in [-0.2, 0) is 17.9 Å². The van der Waals surface area contributed by atoms with Gasteiger partial charge in [0.05, 0.1) is 5.52 Å². The fraction of sp³-hybridized carbons (Fsp3) is 0.417. The Bertz CT molecular complexity index is 1470. The summed E-state index contributed by atoms with van der Waals surface area (Å²) in [6.07, 6.45) is 0. The minimum Gasteiger partial charge on any atom is -0.372 e. The normalized spacial score (nSPS) is 11.6. The van der Waals surface area contributed by atoms with E-state index in [1.165, 1.54) is 20.3 Å². The Balaban J connectivity index is 1.66. The van der Waals surface area contributed by atoms with Gasteiger partial charge in [-0.1, -0.05) is 13.8 Å². The zero-order valence-corrected chi connectivity index (χ0v) is 21.0. The van der Waals surface area contributed by atoms with E-state index in [4.69, 9.17) is 0 Å². The van der Waals surface area contributed by atoms with Crippen molar-refractivity contribution in [2.75, 3.05) is 23.3 Å². The van der Waals surface area contributed by atoms with Crippen molar-refractivity contribution in [3.8, 4) is 0 Å². The van der Waals surface area contributed by atoms with Gasteiger partial charge in [-0.2, -0.15) is 0 Å². The second-order valence-corrected chi connectivity index (χ2v) is 9.66. The zero-order valence-electron chi connectivity index (χ0n) is 20.2. The SMILES string of the molecule is CCN(CC)c1ccc(NC(=O)Cn2nc3n(CC(C)C)c(=O)c4sccc4n3c2=O)c(C)c1. The van der Waals surface area contributed by atoms with Crippen LogP contribution in [0.1, 0.15) is 33.3 Å². The number of fused-ring (bicyclic) bond motifs is 3. The maximum Gasteiger partial charge on any atom is 0.352 e. The third-order valence-corrected chi connectivity index (χ3v) is 6.73. The minimum atomic E-state index is -0.445. The molecule has 0 atom stereocenters. The third-order valence-electron chi connectivity index (χ3n) is 5.84. The molecule has 4 aromatic rings. The number of aryl methyl sites for hydroxylation is 1. The van der Waals surface area contributed by atoms with Crippen LogP contribution in [0.2, 0.25) is 0 Å². The molecule has 0 bridgehead atoms. The number of anilines is 2. The smallest absolute Gasteiger partial charge is 0.352 e. The van der Waals surface area contributed by atoms with E-state index in [1.807, 2.05) is 39.0 Å². The summed E-state index contributed by atoms with van der Waals surface area (Å²) in [5.41, 5.74) is 2.63. The Morgan fingerprint density at radius 1 is 1.18 bits per heavy atom. The van der Waals surface area contributed by atoms with E-state index in [0.717, 1.165) is 29.0 Å². The van der Waals surface area contributed by atoms with Crippen molar-refractivity contribution in [3.05, 3.63) is 56.0 Å². The zero-order chi connectivity index (χ0) is 24.6. The highest BCUT2D eigenvalue weighted by atomic mass is 32.1.